The lowest BCUT2D eigenvalue weighted by Gasteiger charge is -2.18. The number of hydrogen-bond acceptors (Lipinski definition) is 3. The summed E-state index contributed by atoms with van der Waals surface area (Å²) in [7, 11) is 0. The molecule has 0 bridgehead atoms. The van der Waals surface area contributed by atoms with E-state index in [2.05, 4.69) is 18.3 Å². The lowest BCUT2D eigenvalue weighted by atomic mass is 10.1. The van der Waals surface area contributed by atoms with Crippen molar-refractivity contribution < 1.29 is 14.3 Å². The highest BCUT2D eigenvalue weighted by Gasteiger charge is 2.17. The number of aryl methyl sites for hydroxylation is 2. The van der Waals surface area contributed by atoms with Crippen LogP contribution < -0.4 is 14.8 Å². The van der Waals surface area contributed by atoms with Crippen molar-refractivity contribution in [1.29, 1.82) is 0 Å². The zero-order chi connectivity index (χ0) is 18.2. The number of ether oxygens (including phenoxy) is 2. The minimum absolute atomic E-state index is 0.118. The highest BCUT2D eigenvalue weighted by atomic mass is 16.5. The zero-order valence-corrected chi connectivity index (χ0v) is 15.5. The van der Waals surface area contributed by atoms with Crippen LogP contribution in [0.25, 0.3) is 0 Å². The van der Waals surface area contributed by atoms with E-state index in [1.807, 2.05) is 57.2 Å². The number of hydrogen-bond donors (Lipinski definition) is 1. The van der Waals surface area contributed by atoms with Crippen LogP contribution in [0.5, 0.6) is 11.5 Å². The van der Waals surface area contributed by atoms with Gasteiger partial charge in [0.05, 0.1) is 6.54 Å². The fourth-order valence-corrected chi connectivity index (χ4v) is 2.43. The predicted molar refractivity (Wildman–Crippen MR) is 100 cm³/mol. The number of nitrogens with one attached hydrogen (secondary N) is 1. The van der Waals surface area contributed by atoms with E-state index in [0.717, 1.165) is 16.9 Å². The van der Waals surface area contributed by atoms with E-state index in [9.17, 15) is 4.79 Å². The summed E-state index contributed by atoms with van der Waals surface area (Å²) >= 11 is 0. The van der Waals surface area contributed by atoms with E-state index >= 15 is 0 Å². The van der Waals surface area contributed by atoms with Crippen LogP contribution in [0.2, 0.25) is 0 Å². The molecule has 0 radical (unpaired) electrons. The third-order valence-electron chi connectivity index (χ3n) is 4.18. The standard InChI is InChI=1S/C21H27NO3/c1-5-19(25-18-11-9-15(2)10-12-18)21(23)22-13-14-24-20-8-6-7-16(3)17(20)4/h6-12,19H,5,13-14H2,1-4H3,(H,22,23). The summed E-state index contributed by atoms with van der Waals surface area (Å²) in [5.74, 6) is 1.45. The van der Waals surface area contributed by atoms with Crippen LogP contribution in [0.15, 0.2) is 42.5 Å². The summed E-state index contributed by atoms with van der Waals surface area (Å²) in [6.45, 7) is 8.91. The molecule has 1 amide bonds. The molecule has 0 spiro atoms. The van der Waals surface area contributed by atoms with Gasteiger partial charge in [0.1, 0.15) is 18.1 Å². The summed E-state index contributed by atoms with van der Waals surface area (Å²) < 4.78 is 11.5. The monoisotopic (exact) mass is 341 g/mol. The maximum Gasteiger partial charge on any atom is 0.261 e. The lowest BCUT2D eigenvalue weighted by molar-refractivity contribution is -0.128. The first-order chi connectivity index (χ1) is 12.0. The first-order valence-corrected chi connectivity index (χ1v) is 8.71. The molecule has 4 nitrogen and oxygen atoms in total. The van der Waals surface area contributed by atoms with Crippen molar-refractivity contribution >= 4 is 5.91 Å². The number of carbonyl (C=O) groups is 1. The Kier molecular flexibility index (Phi) is 6.87. The Morgan fingerprint density at radius 2 is 1.80 bits per heavy atom. The molecule has 0 aliphatic rings. The molecule has 2 aromatic rings. The molecule has 0 aliphatic carbocycles. The van der Waals surface area contributed by atoms with Gasteiger partial charge >= 0.3 is 0 Å². The van der Waals surface area contributed by atoms with Gasteiger partial charge in [-0.2, -0.15) is 0 Å². The molecule has 0 saturated carbocycles. The van der Waals surface area contributed by atoms with Crippen molar-refractivity contribution in [2.75, 3.05) is 13.2 Å². The average molecular weight is 341 g/mol. The normalized spacial score (nSPS) is 11.7. The van der Waals surface area contributed by atoms with E-state index < -0.39 is 6.10 Å². The van der Waals surface area contributed by atoms with Crippen molar-refractivity contribution in [2.45, 2.75) is 40.2 Å². The Hall–Kier alpha value is -2.49. The topological polar surface area (TPSA) is 47.6 Å². The van der Waals surface area contributed by atoms with Crippen LogP contribution in [0.3, 0.4) is 0 Å². The lowest BCUT2D eigenvalue weighted by Crippen LogP contribution is -2.39. The van der Waals surface area contributed by atoms with E-state index in [-0.39, 0.29) is 5.91 Å². The fraction of sp³-hybridized carbons (Fsp3) is 0.381. The number of amides is 1. The Balaban J connectivity index is 1.79. The summed E-state index contributed by atoms with van der Waals surface area (Å²) in [5, 5.41) is 2.88. The highest BCUT2D eigenvalue weighted by Crippen LogP contribution is 2.20. The minimum atomic E-state index is -0.497. The molecule has 0 aromatic heterocycles. The molecule has 25 heavy (non-hydrogen) atoms. The van der Waals surface area contributed by atoms with Crippen LogP contribution in [0.1, 0.15) is 30.0 Å². The first kappa shape index (κ1) is 18.8. The SMILES string of the molecule is CCC(Oc1ccc(C)cc1)C(=O)NCCOc1cccc(C)c1C. The third-order valence-corrected chi connectivity index (χ3v) is 4.18. The summed E-state index contributed by atoms with van der Waals surface area (Å²) in [6, 6.07) is 13.7. The molecular formula is C21H27NO3. The van der Waals surface area contributed by atoms with Gasteiger partial charge in [-0.25, -0.2) is 0 Å². The molecule has 2 rings (SSSR count). The second kappa shape index (κ2) is 9.11. The summed E-state index contributed by atoms with van der Waals surface area (Å²) in [6.07, 6.45) is 0.112. The number of benzene rings is 2. The first-order valence-electron chi connectivity index (χ1n) is 8.71. The maximum atomic E-state index is 12.3. The van der Waals surface area contributed by atoms with Gasteiger partial charge in [-0.3, -0.25) is 4.79 Å². The number of rotatable bonds is 8. The van der Waals surface area contributed by atoms with Gasteiger partial charge in [0, 0.05) is 0 Å². The Morgan fingerprint density at radius 1 is 1.08 bits per heavy atom. The van der Waals surface area contributed by atoms with Crippen LogP contribution in [0.4, 0.5) is 0 Å². The molecule has 0 saturated heterocycles. The molecule has 4 heteroatoms. The molecule has 1 atom stereocenters. The summed E-state index contributed by atoms with van der Waals surface area (Å²) in [4.78, 5) is 12.3. The second-order valence-corrected chi connectivity index (χ2v) is 6.17. The minimum Gasteiger partial charge on any atom is -0.491 e. The quantitative estimate of drug-likeness (QED) is 0.739. The molecule has 2 aromatic carbocycles. The Morgan fingerprint density at radius 3 is 2.48 bits per heavy atom. The Bertz CT molecular complexity index is 695. The zero-order valence-electron chi connectivity index (χ0n) is 15.5. The van der Waals surface area contributed by atoms with Gasteiger partial charge < -0.3 is 14.8 Å². The molecule has 0 heterocycles. The second-order valence-electron chi connectivity index (χ2n) is 6.17. The van der Waals surface area contributed by atoms with Crippen molar-refractivity contribution in [2.24, 2.45) is 0 Å². The Labute approximate surface area is 150 Å². The van der Waals surface area contributed by atoms with Crippen molar-refractivity contribution in [1.82, 2.24) is 5.32 Å². The molecule has 1 N–H and O–H groups in total. The van der Waals surface area contributed by atoms with Crippen LogP contribution in [0, 0.1) is 20.8 Å². The van der Waals surface area contributed by atoms with Gasteiger partial charge in [-0.15, -0.1) is 0 Å². The molecule has 1 unspecified atom stereocenters. The van der Waals surface area contributed by atoms with E-state index in [1.54, 1.807) is 0 Å². The van der Waals surface area contributed by atoms with E-state index in [1.165, 1.54) is 5.56 Å². The third kappa shape index (κ3) is 5.52. The fourth-order valence-electron chi connectivity index (χ4n) is 2.43. The molecule has 0 fully saturated rings. The van der Waals surface area contributed by atoms with E-state index in [0.29, 0.717) is 25.3 Å². The van der Waals surface area contributed by atoms with Crippen molar-refractivity contribution in [3.8, 4) is 11.5 Å². The van der Waals surface area contributed by atoms with Gasteiger partial charge in [0.2, 0.25) is 0 Å². The molecule has 134 valence electrons. The highest BCUT2D eigenvalue weighted by molar-refractivity contribution is 5.81. The predicted octanol–water partition coefficient (Wildman–Crippen LogP) is 3.96. The van der Waals surface area contributed by atoms with Gasteiger partial charge in [0.25, 0.3) is 5.91 Å². The van der Waals surface area contributed by atoms with E-state index in [4.69, 9.17) is 9.47 Å². The smallest absolute Gasteiger partial charge is 0.261 e. The summed E-state index contributed by atoms with van der Waals surface area (Å²) in [5.41, 5.74) is 3.48. The molecular weight excluding hydrogens is 314 g/mol. The van der Waals surface area contributed by atoms with Crippen LogP contribution in [-0.4, -0.2) is 25.2 Å². The van der Waals surface area contributed by atoms with Crippen molar-refractivity contribution in [3.05, 3.63) is 59.2 Å². The van der Waals surface area contributed by atoms with Crippen LogP contribution >= 0.6 is 0 Å². The molecule has 0 aliphatic heterocycles. The van der Waals surface area contributed by atoms with Crippen LogP contribution in [-0.2, 0) is 4.79 Å². The van der Waals surface area contributed by atoms with Gasteiger partial charge in [-0.1, -0.05) is 36.8 Å². The average Bonchev–Trinajstić information content (AvgIpc) is 2.61. The van der Waals surface area contributed by atoms with Gasteiger partial charge in [-0.05, 0) is 56.5 Å². The number of carbonyl (C=O) groups excluding carboxylic acids is 1. The van der Waals surface area contributed by atoms with Gasteiger partial charge in [0.15, 0.2) is 6.10 Å². The maximum absolute atomic E-state index is 12.3. The largest absolute Gasteiger partial charge is 0.491 e. The van der Waals surface area contributed by atoms with Crippen molar-refractivity contribution in [3.63, 3.8) is 0 Å².